The number of anilines is 2. The molecule has 0 spiro atoms. The van der Waals surface area contributed by atoms with E-state index < -0.39 is 88.8 Å². The number of rotatable bonds is 10. The number of ketones is 1. The van der Waals surface area contributed by atoms with Gasteiger partial charge in [-0.15, -0.1) is 0 Å². The van der Waals surface area contributed by atoms with Gasteiger partial charge in [0.1, 0.15) is 34.7 Å². The number of hydrogen-bond acceptors (Lipinski definition) is 13. The molecular weight excluding hydrogens is 760 g/mol. The second-order valence-corrected chi connectivity index (χ2v) is 17.3. The van der Waals surface area contributed by atoms with Crippen LogP contribution in [0.3, 0.4) is 0 Å². The molecule has 5 rings (SSSR count). The molecule has 0 saturated heterocycles. The highest BCUT2D eigenvalue weighted by Crippen LogP contribution is 2.57. The number of ether oxygens (including phenoxy) is 4. The Hall–Kier alpha value is -3.85. The molecule has 0 fully saturated rings. The topological polar surface area (TPSA) is 213 Å². The first-order valence-corrected chi connectivity index (χ1v) is 21.6. The Morgan fingerprint density at radius 1 is 0.881 bits per heavy atom. The number of benzene rings is 2. The van der Waals surface area contributed by atoms with E-state index in [1.807, 2.05) is 13.8 Å². The lowest BCUT2D eigenvalue weighted by molar-refractivity contribution is -0.164. The summed E-state index contributed by atoms with van der Waals surface area (Å²) < 4.78 is 24.0. The molecule has 3 heterocycles. The summed E-state index contributed by atoms with van der Waals surface area (Å²) in [6, 6.07) is 0. The van der Waals surface area contributed by atoms with Crippen molar-refractivity contribution in [2.75, 3.05) is 30.9 Å². The van der Waals surface area contributed by atoms with Crippen LogP contribution in [0.1, 0.15) is 136 Å². The van der Waals surface area contributed by atoms with Crippen LogP contribution in [-0.2, 0) is 23.8 Å². The number of aromatic hydroxyl groups is 3. The zero-order valence-corrected chi connectivity index (χ0v) is 36.8. The molecule has 14 nitrogen and oxygen atoms in total. The Labute approximate surface area is 349 Å². The maximum Gasteiger partial charge on any atom is 0.302 e. The summed E-state index contributed by atoms with van der Waals surface area (Å²) in [5.41, 5.74) is -0.0878. The molecule has 59 heavy (non-hydrogen) atoms. The fraction of sp³-hybridized carbons (Fsp3) is 0.711. The second kappa shape index (κ2) is 20.6. The number of phenols is 3. The third-order valence-electron chi connectivity index (χ3n) is 12.8. The predicted molar refractivity (Wildman–Crippen MR) is 226 cm³/mol. The molecule has 0 aliphatic carbocycles. The van der Waals surface area contributed by atoms with Crippen molar-refractivity contribution >= 4 is 39.8 Å². The van der Waals surface area contributed by atoms with Crippen LogP contribution in [0, 0.1) is 36.5 Å². The molecule has 0 aromatic heterocycles. The van der Waals surface area contributed by atoms with Gasteiger partial charge in [0.2, 0.25) is 11.7 Å². The number of carbonyl (C=O) groups excluding carboxylic acids is 3. The molecular formula is C45H70N2O12. The SMILES string of the molecule is CCCCCCCCNc1c2c(O)c3c(O)c(C)c4c(c3c1O)C(=O)[C@@](C)(OCC[C@H](OC)[C@@H](C)[C@@H](OC(C)=O)[C@H](C)[C@H](O)[C@H](C)[C@@H](O)[C@@H](C)CCCC(C)C(=O)N2)O4. The van der Waals surface area contributed by atoms with Crippen molar-refractivity contribution in [1.82, 2.24) is 0 Å². The van der Waals surface area contributed by atoms with Crippen LogP contribution < -0.4 is 15.4 Å². The first-order valence-electron chi connectivity index (χ1n) is 21.6. The number of phenolic OH excluding ortho intramolecular Hbond substituents is 3. The van der Waals surface area contributed by atoms with Gasteiger partial charge in [-0.3, -0.25) is 14.4 Å². The normalized spacial score (nSPS) is 30.0. The van der Waals surface area contributed by atoms with E-state index in [9.17, 15) is 39.9 Å². The number of carbonyl (C=O) groups is 3. The molecule has 10 atom stereocenters. The first-order chi connectivity index (χ1) is 27.8. The smallest absolute Gasteiger partial charge is 0.302 e. The van der Waals surface area contributed by atoms with Crippen molar-refractivity contribution in [2.24, 2.45) is 29.6 Å². The van der Waals surface area contributed by atoms with Crippen LogP contribution in [0.25, 0.3) is 10.8 Å². The summed E-state index contributed by atoms with van der Waals surface area (Å²) >= 11 is 0. The molecule has 3 aliphatic rings. The molecule has 1 amide bonds. The molecule has 0 saturated carbocycles. The van der Waals surface area contributed by atoms with Crippen LogP contribution in [-0.4, -0.2) is 93.7 Å². The van der Waals surface area contributed by atoms with E-state index >= 15 is 0 Å². The molecule has 14 heteroatoms. The Morgan fingerprint density at radius 2 is 1.54 bits per heavy atom. The Balaban J connectivity index is 1.82. The van der Waals surface area contributed by atoms with Gasteiger partial charge in [-0.2, -0.15) is 0 Å². The first kappa shape index (κ1) is 47.8. The van der Waals surface area contributed by atoms with Crippen LogP contribution >= 0.6 is 0 Å². The Morgan fingerprint density at radius 3 is 2.19 bits per heavy atom. The fourth-order valence-electron chi connectivity index (χ4n) is 8.86. The lowest BCUT2D eigenvalue weighted by Crippen LogP contribution is -2.47. The van der Waals surface area contributed by atoms with Crippen molar-refractivity contribution in [2.45, 2.75) is 157 Å². The highest BCUT2D eigenvalue weighted by atomic mass is 16.7. The third kappa shape index (κ3) is 10.4. The lowest BCUT2D eigenvalue weighted by atomic mass is 9.77. The van der Waals surface area contributed by atoms with Crippen LogP contribution in [0.2, 0.25) is 0 Å². The van der Waals surface area contributed by atoms with E-state index in [0.29, 0.717) is 25.8 Å². The lowest BCUT2D eigenvalue weighted by Gasteiger charge is -2.39. The molecule has 332 valence electrons. The summed E-state index contributed by atoms with van der Waals surface area (Å²) in [5, 5.41) is 64.2. The van der Waals surface area contributed by atoms with Crippen molar-refractivity contribution in [3.05, 3.63) is 11.1 Å². The summed E-state index contributed by atoms with van der Waals surface area (Å²) in [6.07, 6.45) is 4.40. The quantitative estimate of drug-likeness (QED) is 0.0530. The van der Waals surface area contributed by atoms with Gasteiger partial charge in [0.05, 0.1) is 35.9 Å². The van der Waals surface area contributed by atoms with Gasteiger partial charge in [0, 0.05) is 62.1 Å². The van der Waals surface area contributed by atoms with Crippen molar-refractivity contribution in [3.8, 4) is 23.0 Å². The van der Waals surface area contributed by atoms with Gasteiger partial charge >= 0.3 is 5.97 Å². The van der Waals surface area contributed by atoms with E-state index in [2.05, 4.69) is 17.6 Å². The predicted octanol–water partition coefficient (Wildman–Crippen LogP) is 7.71. The van der Waals surface area contributed by atoms with Crippen molar-refractivity contribution in [3.63, 3.8) is 0 Å². The average molecular weight is 831 g/mol. The molecule has 2 aromatic carbocycles. The minimum atomic E-state index is -1.92. The molecule has 5 bridgehead atoms. The summed E-state index contributed by atoms with van der Waals surface area (Å²) in [5.74, 6) is -7.49. The van der Waals surface area contributed by atoms with Gasteiger partial charge < -0.3 is 55.1 Å². The van der Waals surface area contributed by atoms with Gasteiger partial charge in [-0.05, 0) is 38.5 Å². The number of methoxy groups -OCH3 is 1. The number of Topliss-reactive ketones (excluding diaryl/α,β-unsaturated/α-hetero) is 1. The van der Waals surface area contributed by atoms with Crippen molar-refractivity contribution in [1.29, 1.82) is 0 Å². The summed E-state index contributed by atoms with van der Waals surface area (Å²) in [7, 11) is 1.51. The standard InChI is InChI=1S/C45H70N2O12/c1-11-12-13-14-15-16-21-46-34-35-40(53)32-31(39(34)52)33-42(28(7)38(32)51)59-45(9,43(33)54)57-22-20-30(56-10)25(4)41(58-29(8)48)27(6)37(50)26(5)36(49)23(2)18-17-19-24(3)44(55)47-35/h23-27,30,36-37,41,46,49-53H,11-22H2,1-10H3,(H,47,55)/t23-,24?,25+,26+,27+,30-,36-,37+,41+,45-/m0/s1. The largest absolute Gasteiger partial charge is 0.507 e. The van der Waals surface area contributed by atoms with Gasteiger partial charge in [0.15, 0.2) is 5.75 Å². The third-order valence-corrected chi connectivity index (χ3v) is 12.8. The number of aliphatic hydroxyl groups excluding tert-OH is 2. The highest BCUT2D eigenvalue weighted by molar-refractivity contribution is 6.23. The summed E-state index contributed by atoms with van der Waals surface area (Å²) in [6.45, 7) is 15.7. The number of amides is 1. The highest BCUT2D eigenvalue weighted by Gasteiger charge is 2.49. The fourth-order valence-corrected chi connectivity index (χ4v) is 8.86. The van der Waals surface area contributed by atoms with E-state index in [1.165, 1.54) is 27.9 Å². The Bertz CT molecular complexity index is 1800. The molecule has 3 aliphatic heterocycles. The average Bonchev–Trinajstić information content (AvgIpc) is 3.46. The maximum atomic E-state index is 14.4. The van der Waals surface area contributed by atoms with Gasteiger partial charge in [-0.1, -0.05) is 80.1 Å². The molecule has 1 unspecified atom stereocenters. The number of unbranched alkanes of at least 4 members (excludes halogenated alkanes) is 5. The molecule has 0 radical (unpaired) electrons. The van der Waals surface area contributed by atoms with E-state index in [-0.39, 0.29) is 58.0 Å². The second-order valence-electron chi connectivity index (χ2n) is 17.3. The number of aliphatic hydroxyl groups is 2. The van der Waals surface area contributed by atoms with Crippen LogP contribution in [0.4, 0.5) is 11.4 Å². The van der Waals surface area contributed by atoms with E-state index in [0.717, 1.165) is 38.5 Å². The van der Waals surface area contributed by atoms with Gasteiger partial charge in [0.25, 0.3) is 5.79 Å². The van der Waals surface area contributed by atoms with E-state index in [1.54, 1.807) is 20.8 Å². The monoisotopic (exact) mass is 830 g/mol. The number of esters is 1. The molecule has 7 N–H and O–H groups in total. The number of fused-ring (bicyclic) bond motifs is 17. The van der Waals surface area contributed by atoms with E-state index in [4.69, 9.17) is 18.9 Å². The minimum Gasteiger partial charge on any atom is -0.507 e. The zero-order valence-electron chi connectivity index (χ0n) is 36.8. The Kier molecular flexibility index (Phi) is 16.7. The van der Waals surface area contributed by atoms with Crippen LogP contribution in [0.15, 0.2) is 0 Å². The number of nitrogens with one attached hydrogen (secondary N) is 2. The number of hydrogen-bond donors (Lipinski definition) is 7. The zero-order chi connectivity index (χ0) is 43.9. The maximum absolute atomic E-state index is 14.4. The van der Waals surface area contributed by atoms with Crippen LogP contribution in [0.5, 0.6) is 23.0 Å². The summed E-state index contributed by atoms with van der Waals surface area (Å²) in [4.78, 5) is 40.6. The van der Waals surface area contributed by atoms with Gasteiger partial charge in [-0.25, -0.2) is 0 Å². The minimum absolute atomic E-state index is 0.00381. The van der Waals surface area contributed by atoms with Crippen molar-refractivity contribution < 1.29 is 58.9 Å². The molecule has 2 aromatic rings.